The van der Waals surface area contributed by atoms with E-state index in [1.807, 2.05) is 0 Å². The maximum absolute atomic E-state index is 10.5. The minimum Gasteiger partial charge on any atom is -0.303 e. The maximum atomic E-state index is 10.5. The van der Waals surface area contributed by atoms with Gasteiger partial charge in [-0.1, -0.05) is 44.1 Å². The molecule has 18 heavy (non-hydrogen) atoms. The highest BCUT2D eigenvalue weighted by atomic mass is 16.1. The van der Waals surface area contributed by atoms with Crippen molar-refractivity contribution in [2.75, 3.05) is 0 Å². The number of allylic oxidation sites excluding steroid dienone is 4. The average molecular weight is 250 g/mol. The van der Waals surface area contributed by atoms with Gasteiger partial charge in [0.25, 0.3) is 0 Å². The molecule has 104 valence electrons. The summed E-state index contributed by atoms with van der Waals surface area (Å²) < 4.78 is 0. The van der Waals surface area contributed by atoms with E-state index in [1.165, 1.54) is 11.1 Å². The summed E-state index contributed by atoms with van der Waals surface area (Å²) >= 11 is 0. The zero-order valence-corrected chi connectivity index (χ0v) is 12.8. The van der Waals surface area contributed by atoms with Crippen molar-refractivity contribution in [1.29, 1.82) is 0 Å². The Bertz CT molecular complexity index is 286. The first-order chi connectivity index (χ1) is 8.51. The molecule has 0 aromatic heterocycles. The molecule has 0 amide bonds. The summed E-state index contributed by atoms with van der Waals surface area (Å²) in [6.45, 7) is 11.0. The fourth-order valence-corrected chi connectivity index (χ4v) is 1.80. The molecule has 0 rings (SSSR count). The monoisotopic (exact) mass is 250 g/mol. The van der Waals surface area contributed by atoms with Crippen LogP contribution in [-0.4, -0.2) is 6.29 Å². The molecule has 0 unspecified atom stereocenters. The van der Waals surface area contributed by atoms with Crippen LogP contribution < -0.4 is 0 Å². The Morgan fingerprint density at radius 2 is 1.61 bits per heavy atom. The molecular formula is C17H30O. The Morgan fingerprint density at radius 3 is 2.17 bits per heavy atom. The van der Waals surface area contributed by atoms with E-state index in [-0.39, 0.29) is 0 Å². The lowest BCUT2D eigenvalue weighted by atomic mass is 9.90. The zero-order valence-electron chi connectivity index (χ0n) is 12.8. The van der Waals surface area contributed by atoms with Crippen LogP contribution in [0.4, 0.5) is 0 Å². The van der Waals surface area contributed by atoms with Crippen LogP contribution in [0.25, 0.3) is 0 Å². The van der Waals surface area contributed by atoms with Gasteiger partial charge in [0.05, 0.1) is 0 Å². The second kappa shape index (κ2) is 10.1. The van der Waals surface area contributed by atoms with Crippen LogP contribution in [0.3, 0.4) is 0 Å². The van der Waals surface area contributed by atoms with E-state index in [2.05, 4.69) is 46.8 Å². The van der Waals surface area contributed by atoms with Crippen molar-refractivity contribution >= 4 is 6.29 Å². The molecule has 0 aliphatic heterocycles. The van der Waals surface area contributed by atoms with Crippen LogP contribution in [0, 0.1) is 11.8 Å². The SMILES string of the molecule is CC/C(C)=C\CC/C(C)=C/C[C@H](C)[C@@H](C)CC=O. The molecule has 0 aliphatic rings. The summed E-state index contributed by atoms with van der Waals surface area (Å²) in [5.41, 5.74) is 2.95. The molecule has 0 saturated heterocycles. The molecule has 0 heterocycles. The van der Waals surface area contributed by atoms with E-state index < -0.39 is 0 Å². The van der Waals surface area contributed by atoms with Gasteiger partial charge in [0.1, 0.15) is 6.29 Å². The highest BCUT2D eigenvalue weighted by molar-refractivity contribution is 5.49. The molecular weight excluding hydrogens is 220 g/mol. The Kier molecular flexibility index (Phi) is 9.63. The van der Waals surface area contributed by atoms with Crippen LogP contribution in [0.2, 0.25) is 0 Å². The van der Waals surface area contributed by atoms with Crippen molar-refractivity contribution in [2.45, 2.75) is 66.7 Å². The van der Waals surface area contributed by atoms with Gasteiger partial charge in [-0.05, 0) is 51.4 Å². The van der Waals surface area contributed by atoms with Gasteiger partial charge in [-0.15, -0.1) is 0 Å². The van der Waals surface area contributed by atoms with E-state index in [1.54, 1.807) is 0 Å². The molecule has 2 atom stereocenters. The predicted octanol–water partition coefficient (Wildman–Crippen LogP) is 5.32. The molecule has 1 heteroatoms. The van der Waals surface area contributed by atoms with Crippen LogP contribution in [0.5, 0.6) is 0 Å². The van der Waals surface area contributed by atoms with Gasteiger partial charge >= 0.3 is 0 Å². The number of carbonyl (C=O) groups is 1. The summed E-state index contributed by atoms with van der Waals surface area (Å²) in [5.74, 6) is 1.09. The lowest BCUT2D eigenvalue weighted by Crippen LogP contribution is -2.07. The third-order valence-electron chi connectivity index (χ3n) is 3.87. The Hall–Kier alpha value is -0.850. The highest BCUT2D eigenvalue weighted by Gasteiger charge is 2.09. The molecule has 0 spiro atoms. The van der Waals surface area contributed by atoms with E-state index in [9.17, 15) is 4.79 Å². The zero-order chi connectivity index (χ0) is 14.0. The second-order valence-electron chi connectivity index (χ2n) is 5.59. The van der Waals surface area contributed by atoms with Gasteiger partial charge in [0.2, 0.25) is 0 Å². The van der Waals surface area contributed by atoms with Crippen molar-refractivity contribution in [3.8, 4) is 0 Å². The standard InChI is InChI=1S/C17H30O/c1-6-14(2)8-7-9-15(3)10-11-16(4)17(5)12-13-18/h8,10,13,16-17H,6-7,9,11-12H2,1-5H3/b14-8-,15-10+/t16-,17-/m0/s1. The van der Waals surface area contributed by atoms with Crippen molar-refractivity contribution in [3.05, 3.63) is 23.3 Å². The minimum atomic E-state index is 0.494. The summed E-state index contributed by atoms with van der Waals surface area (Å²) in [6, 6.07) is 0. The molecule has 0 N–H and O–H groups in total. The van der Waals surface area contributed by atoms with Gasteiger partial charge in [0, 0.05) is 6.42 Å². The van der Waals surface area contributed by atoms with Crippen LogP contribution in [0.1, 0.15) is 66.7 Å². The Balaban J connectivity index is 4.00. The van der Waals surface area contributed by atoms with Crippen LogP contribution >= 0.6 is 0 Å². The second-order valence-corrected chi connectivity index (χ2v) is 5.59. The Morgan fingerprint density at radius 1 is 1.00 bits per heavy atom. The molecule has 0 bridgehead atoms. The van der Waals surface area contributed by atoms with Gasteiger partial charge in [-0.2, -0.15) is 0 Å². The largest absolute Gasteiger partial charge is 0.303 e. The first kappa shape index (κ1) is 17.2. The predicted molar refractivity (Wildman–Crippen MR) is 80.7 cm³/mol. The van der Waals surface area contributed by atoms with Gasteiger partial charge in [-0.3, -0.25) is 0 Å². The number of rotatable bonds is 9. The summed E-state index contributed by atoms with van der Waals surface area (Å²) in [5, 5.41) is 0. The molecule has 0 aromatic carbocycles. The van der Waals surface area contributed by atoms with E-state index >= 15 is 0 Å². The number of aldehydes is 1. The summed E-state index contributed by atoms with van der Waals surface area (Å²) in [7, 11) is 0. The molecule has 1 nitrogen and oxygen atoms in total. The van der Waals surface area contributed by atoms with Crippen molar-refractivity contribution < 1.29 is 4.79 Å². The van der Waals surface area contributed by atoms with Crippen molar-refractivity contribution in [3.63, 3.8) is 0 Å². The lowest BCUT2D eigenvalue weighted by molar-refractivity contribution is -0.108. The highest BCUT2D eigenvalue weighted by Crippen LogP contribution is 2.19. The lowest BCUT2D eigenvalue weighted by Gasteiger charge is -2.15. The summed E-state index contributed by atoms with van der Waals surface area (Å²) in [6.07, 6.45) is 11.0. The average Bonchev–Trinajstić information content (AvgIpc) is 2.35. The third kappa shape index (κ3) is 8.27. The molecule has 0 aromatic rings. The number of hydrogen-bond donors (Lipinski definition) is 0. The summed E-state index contributed by atoms with van der Waals surface area (Å²) in [4.78, 5) is 10.5. The fourth-order valence-electron chi connectivity index (χ4n) is 1.80. The van der Waals surface area contributed by atoms with Gasteiger partial charge in [-0.25, -0.2) is 0 Å². The molecule has 0 fully saturated rings. The maximum Gasteiger partial charge on any atom is 0.120 e. The minimum absolute atomic E-state index is 0.494. The number of hydrogen-bond acceptors (Lipinski definition) is 1. The quantitative estimate of drug-likeness (QED) is 0.400. The van der Waals surface area contributed by atoms with Crippen LogP contribution in [-0.2, 0) is 4.79 Å². The first-order valence-electron chi connectivity index (χ1n) is 7.26. The van der Waals surface area contributed by atoms with E-state index in [0.29, 0.717) is 18.3 Å². The van der Waals surface area contributed by atoms with Crippen molar-refractivity contribution in [2.24, 2.45) is 11.8 Å². The fraction of sp³-hybridized carbons (Fsp3) is 0.706. The molecule has 0 aliphatic carbocycles. The van der Waals surface area contributed by atoms with Gasteiger partial charge < -0.3 is 4.79 Å². The smallest absolute Gasteiger partial charge is 0.120 e. The Labute approximate surface area is 113 Å². The topological polar surface area (TPSA) is 17.1 Å². The van der Waals surface area contributed by atoms with Crippen LogP contribution in [0.15, 0.2) is 23.3 Å². The van der Waals surface area contributed by atoms with Crippen molar-refractivity contribution in [1.82, 2.24) is 0 Å². The first-order valence-corrected chi connectivity index (χ1v) is 7.26. The third-order valence-corrected chi connectivity index (χ3v) is 3.87. The van der Waals surface area contributed by atoms with E-state index in [0.717, 1.165) is 32.0 Å². The number of carbonyl (C=O) groups excluding carboxylic acids is 1. The normalized spacial score (nSPS) is 16.5. The molecule has 0 saturated carbocycles. The molecule has 0 radical (unpaired) electrons. The van der Waals surface area contributed by atoms with E-state index in [4.69, 9.17) is 0 Å². The van der Waals surface area contributed by atoms with Gasteiger partial charge in [0.15, 0.2) is 0 Å².